The van der Waals surface area contributed by atoms with Crippen molar-refractivity contribution >= 4 is 11.8 Å². The fourth-order valence-electron chi connectivity index (χ4n) is 1.73. The van der Waals surface area contributed by atoms with Crippen LogP contribution < -0.4 is 5.32 Å². The summed E-state index contributed by atoms with van der Waals surface area (Å²) >= 11 is 2.00. The predicted octanol–water partition coefficient (Wildman–Crippen LogP) is 2.58. The molecule has 2 rings (SSSR count). The third-order valence-corrected chi connectivity index (χ3v) is 4.11. The van der Waals surface area contributed by atoms with Crippen molar-refractivity contribution in [2.45, 2.75) is 43.9 Å². The van der Waals surface area contributed by atoms with E-state index in [2.05, 4.69) is 37.4 Å². The van der Waals surface area contributed by atoms with Gasteiger partial charge in [-0.05, 0) is 26.8 Å². The fraction of sp³-hybridized carbons (Fsp3) is 0.727. The monoisotopic (exact) mass is 225 g/mol. The van der Waals surface area contributed by atoms with Gasteiger partial charge in [0.25, 0.3) is 0 Å². The van der Waals surface area contributed by atoms with E-state index in [-0.39, 0.29) is 0 Å². The first-order valence-electron chi connectivity index (χ1n) is 5.59. The summed E-state index contributed by atoms with van der Waals surface area (Å²) in [4.78, 5) is 0. The van der Waals surface area contributed by atoms with Gasteiger partial charge in [0.15, 0.2) is 0 Å². The van der Waals surface area contributed by atoms with Crippen molar-refractivity contribution in [2.75, 3.05) is 6.54 Å². The zero-order valence-corrected chi connectivity index (χ0v) is 10.4. The molecule has 0 aliphatic carbocycles. The predicted molar refractivity (Wildman–Crippen MR) is 65.0 cm³/mol. The van der Waals surface area contributed by atoms with Gasteiger partial charge in [-0.25, -0.2) is 0 Å². The average molecular weight is 225 g/mol. The van der Waals surface area contributed by atoms with Gasteiger partial charge in [0.1, 0.15) is 0 Å². The van der Waals surface area contributed by atoms with Crippen LogP contribution in [0.1, 0.15) is 44.2 Å². The zero-order chi connectivity index (χ0) is 10.8. The molecule has 0 bridgehead atoms. The summed E-state index contributed by atoms with van der Waals surface area (Å²) < 4.78 is 2.02. The molecular weight excluding hydrogens is 206 g/mol. The molecule has 0 amide bonds. The summed E-state index contributed by atoms with van der Waals surface area (Å²) in [5, 5.41) is 9.09. The van der Waals surface area contributed by atoms with E-state index in [9.17, 15) is 0 Å². The summed E-state index contributed by atoms with van der Waals surface area (Å²) in [5.41, 5.74) is 1.31. The molecule has 0 aromatic carbocycles. The first-order chi connectivity index (χ1) is 7.16. The van der Waals surface area contributed by atoms with E-state index >= 15 is 0 Å². The number of nitrogens with zero attached hydrogens (tertiary/aromatic N) is 2. The maximum atomic E-state index is 4.38. The van der Waals surface area contributed by atoms with Crippen LogP contribution in [0.4, 0.5) is 0 Å². The lowest BCUT2D eigenvalue weighted by atomic mass is 10.3. The molecule has 1 aromatic heterocycles. The fourth-order valence-corrected chi connectivity index (χ4v) is 2.94. The van der Waals surface area contributed by atoms with Gasteiger partial charge in [-0.1, -0.05) is 6.92 Å². The van der Waals surface area contributed by atoms with Crippen LogP contribution in [-0.4, -0.2) is 21.6 Å². The van der Waals surface area contributed by atoms with Crippen LogP contribution in [0.25, 0.3) is 0 Å². The van der Waals surface area contributed by atoms with Crippen LogP contribution in [0.15, 0.2) is 12.4 Å². The molecule has 2 heterocycles. The van der Waals surface area contributed by atoms with Crippen molar-refractivity contribution in [2.24, 2.45) is 0 Å². The Kier molecular flexibility index (Phi) is 3.36. The second-order valence-corrected chi connectivity index (χ2v) is 5.97. The van der Waals surface area contributed by atoms with Crippen molar-refractivity contribution in [3.05, 3.63) is 18.0 Å². The van der Waals surface area contributed by atoms with Gasteiger partial charge >= 0.3 is 0 Å². The molecular formula is C11H19N3S. The molecule has 1 saturated heterocycles. The van der Waals surface area contributed by atoms with Crippen molar-refractivity contribution in [3.8, 4) is 0 Å². The molecule has 84 valence electrons. The van der Waals surface area contributed by atoms with E-state index in [1.807, 2.05) is 22.6 Å². The molecule has 15 heavy (non-hydrogen) atoms. The van der Waals surface area contributed by atoms with Crippen LogP contribution in [0.3, 0.4) is 0 Å². The Morgan fingerprint density at radius 1 is 1.60 bits per heavy atom. The number of hydrogen-bond acceptors (Lipinski definition) is 3. The Labute approximate surface area is 95.6 Å². The highest BCUT2D eigenvalue weighted by Crippen LogP contribution is 2.34. The third-order valence-electron chi connectivity index (χ3n) is 2.70. The van der Waals surface area contributed by atoms with Crippen LogP contribution in [0, 0.1) is 0 Å². The minimum absolute atomic E-state index is 0.432. The van der Waals surface area contributed by atoms with E-state index in [0.29, 0.717) is 11.4 Å². The lowest BCUT2D eigenvalue weighted by molar-refractivity contribution is 0.531. The summed E-state index contributed by atoms with van der Waals surface area (Å²) in [6.45, 7) is 7.72. The number of aromatic nitrogens is 2. The molecule has 1 fully saturated rings. The summed E-state index contributed by atoms with van der Waals surface area (Å²) in [7, 11) is 0. The SMILES string of the molecule is CC1CCNC(c2cnn(C(C)C)c2)S1. The van der Waals surface area contributed by atoms with Crippen molar-refractivity contribution in [1.82, 2.24) is 15.1 Å². The Morgan fingerprint density at radius 2 is 2.40 bits per heavy atom. The van der Waals surface area contributed by atoms with E-state index in [0.717, 1.165) is 11.8 Å². The van der Waals surface area contributed by atoms with Crippen molar-refractivity contribution in [1.29, 1.82) is 0 Å². The maximum absolute atomic E-state index is 4.38. The molecule has 3 nitrogen and oxygen atoms in total. The minimum Gasteiger partial charge on any atom is -0.301 e. The molecule has 2 atom stereocenters. The summed E-state index contributed by atoms with van der Waals surface area (Å²) in [6.07, 6.45) is 5.41. The van der Waals surface area contributed by atoms with Crippen molar-refractivity contribution < 1.29 is 0 Å². The average Bonchev–Trinajstić information content (AvgIpc) is 2.66. The topological polar surface area (TPSA) is 29.9 Å². The van der Waals surface area contributed by atoms with Crippen molar-refractivity contribution in [3.63, 3.8) is 0 Å². The van der Waals surface area contributed by atoms with E-state index < -0.39 is 0 Å². The van der Waals surface area contributed by atoms with Crippen LogP contribution >= 0.6 is 11.8 Å². The van der Waals surface area contributed by atoms with Crippen LogP contribution in [-0.2, 0) is 0 Å². The smallest absolute Gasteiger partial charge is 0.0822 e. The van der Waals surface area contributed by atoms with Crippen LogP contribution in [0.2, 0.25) is 0 Å². The Hall–Kier alpha value is -0.480. The van der Waals surface area contributed by atoms with E-state index in [1.165, 1.54) is 12.0 Å². The normalized spacial score (nSPS) is 27.2. The first kappa shape index (κ1) is 11.0. The van der Waals surface area contributed by atoms with Gasteiger partial charge in [-0.15, -0.1) is 11.8 Å². The lowest BCUT2D eigenvalue weighted by Crippen LogP contribution is -2.28. The van der Waals surface area contributed by atoms with E-state index in [1.54, 1.807) is 0 Å². The standard InChI is InChI=1S/C11H19N3S/c1-8(2)14-7-10(6-13-14)11-12-5-4-9(3)15-11/h6-9,11-12H,4-5H2,1-3H3. The largest absolute Gasteiger partial charge is 0.301 e. The number of hydrogen-bond donors (Lipinski definition) is 1. The molecule has 0 spiro atoms. The Balaban J connectivity index is 2.08. The number of rotatable bonds is 2. The molecule has 0 radical (unpaired) electrons. The lowest BCUT2D eigenvalue weighted by Gasteiger charge is -2.26. The maximum Gasteiger partial charge on any atom is 0.0822 e. The quantitative estimate of drug-likeness (QED) is 0.839. The molecule has 4 heteroatoms. The van der Waals surface area contributed by atoms with Crippen LogP contribution in [0.5, 0.6) is 0 Å². The highest BCUT2D eigenvalue weighted by atomic mass is 32.2. The van der Waals surface area contributed by atoms with Gasteiger partial charge in [0.05, 0.1) is 11.6 Å². The van der Waals surface area contributed by atoms with Gasteiger partial charge < -0.3 is 5.32 Å². The van der Waals surface area contributed by atoms with Gasteiger partial charge in [0, 0.05) is 23.1 Å². The molecule has 2 unspecified atom stereocenters. The molecule has 0 saturated carbocycles. The van der Waals surface area contributed by atoms with Gasteiger partial charge in [0.2, 0.25) is 0 Å². The van der Waals surface area contributed by atoms with E-state index in [4.69, 9.17) is 0 Å². The van der Waals surface area contributed by atoms with Gasteiger partial charge in [-0.2, -0.15) is 5.10 Å². The molecule has 1 N–H and O–H groups in total. The Morgan fingerprint density at radius 3 is 3.00 bits per heavy atom. The third kappa shape index (κ3) is 2.55. The second-order valence-electron chi connectivity index (χ2n) is 4.42. The Bertz CT molecular complexity index is 321. The summed E-state index contributed by atoms with van der Waals surface area (Å²) in [5.74, 6) is 0. The van der Waals surface area contributed by atoms with Gasteiger partial charge in [-0.3, -0.25) is 4.68 Å². The highest BCUT2D eigenvalue weighted by Gasteiger charge is 2.21. The highest BCUT2D eigenvalue weighted by molar-refractivity contribution is 8.00. The first-order valence-corrected chi connectivity index (χ1v) is 6.54. The zero-order valence-electron chi connectivity index (χ0n) is 9.60. The number of thioether (sulfide) groups is 1. The molecule has 1 aromatic rings. The molecule has 1 aliphatic heterocycles. The second kappa shape index (κ2) is 4.58. The molecule has 1 aliphatic rings. The summed E-state index contributed by atoms with van der Waals surface area (Å²) in [6, 6.07) is 0.449. The number of nitrogens with one attached hydrogen (secondary N) is 1. The minimum atomic E-state index is 0.432.